The first-order chi connectivity index (χ1) is 14.6. The number of carbonyl (C=O) groups excluding carboxylic acids is 1. The number of hydrogen-bond acceptors (Lipinski definition) is 6. The normalized spacial score (nSPS) is 12.0. The lowest BCUT2D eigenvalue weighted by Crippen LogP contribution is -2.17. The van der Waals surface area contributed by atoms with Gasteiger partial charge in [-0.25, -0.2) is 4.98 Å². The fourth-order valence-electron chi connectivity index (χ4n) is 2.76. The Morgan fingerprint density at radius 2 is 1.90 bits per heavy atom. The minimum absolute atomic E-state index is 0.00408. The van der Waals surface area contributed by atoms with Crippen LogP contribution in [0, 0.1) is 0 Å². The minimum atomic E-state index is -0.00408. The Labute approximate surface area is 182 Å². The molecule has 6 nitrogen and oxygen atoms in total. The first-order valence-corrected chi connectivity index (χ1v) is 11.0. The number of oxazole rings is 1. The molecular weight excluding hydrogens is 400 g/mol. The number of hydrogen-bond donors (Lipinski definition) is 1. The molecule has 162 valence electrons. The standard InChI is InChI=1S/C23H30N2O4S/c1-6-16(8-11-18(7-2)27-4)21-22(17-9-12-19(28-5)13-10-17)29-23(25-21)30-15-14-20(26)24-3/h8-13H,6-7,14-15H2,1-5H3,(H,24,26)/b16-8+,18-11+. The van der Waals surface area contributed by atoms with E-state index < -0.39 is 0 Å². The average molecular weight is 431 g/mol. The van der Waals surface area contributed by atoms with Crippen LogP contribution in [-0.2, 0) is 9.53 Å². The van der Waals surface area contributed by atoms with Crippen LogP contribution in [0.15, 0.2) is 51.8 Å². The number of nitrogens with one attached hydrogen (secondary N) is 1. The van der Waals surface area contributed by atoms with Gasteiger partial charge in [0.25, 0.3) is 5.22 Å². The Hall–Kier alpha value is -2.67. The van der Waals surface area contributed by atoms with Gasteiger partial charge in [-0.3, -0.25) is 4.79 Å². The molecule has 30 heavy (non-hydrogen) atoms. The van der Waals surface area contributed by atoms with Crippen LogP contribution >= 0.6 is 11.8 Å². The van der Waals surface area contributed by atoms with Crippen LogP contribution in [0.3, 0.4) is 0 Å². The highest BCUT2D eigenvalue weighted by molar-refractivity contribution is 7.99. The highest BCUT2D eigenvalue weighted by Gasteiger charge is 2.18. The van der Waals surface area contributed by atoms with Crippen LogP contribution in [0.1, 0.15) is 38.8 Å². The second kappa shape index (κ2) is 12.1. The summed E-state index contributed by atoms with van der Waals surface area (Å²) in [6.07, 6.45) is 6.02. The molecule has 1 N–H and O–H groups in total. The highest BCUT2D eigenvalue weighted by atomic mass is 32.2. The lowest BCUT2D eigenvalue weighted by molar-refractivity contribution is -0.120. The van der Waals surface area contributed by atoms with E-state index in [0.29, 0.717) is 23.2 Å². The molecule has 0 aliphatic rings. The zero-order valence-corrected chi connectivity index (χ0v) is 19.1. The van der Waals surface area contributed by atoms with Crippen molar-refractivity contribution < 1.29 is 18.7 Å². The second-order valence-electron chi connectivity index (χ2n) is 6.39. The van der Waals surface area contributed by atoms with E-state index in [1.807, 2.05) is 36.4 Å². The van der Waals surface area contributed by atoms with Gasteiger partial charge in [-0.1, -0.05) is 31.7 Å². The molecule has 0 spiro atoms. The summed E-state index contributed by atoms with van der Waals surface area (Å²) in [6.45, 7) is 4.14. The Balaban J connectivity index is 2.42. The summed E-state index contributed by atoms with van der Waals surface area (Å²) in [7, 11) is 4.95. The monoisotopic (exact) mass is 430 g/mol. The summed E-state index contributed by atoms with van der Waals surface area (Å²) in [6, 6.07) is 7.71. The number of benzene rings is 1. The van der Waals surface area contributed by atoms with Crippen molar-refractivity contribution in [1.29, 1.82) is 0 Å². The van der Waals surface area contributed by atoms with E-state index in [1.165, 1.54) is 11.8 Å². The first kappa shape index (κ1) is 23.6. The summed E-state index contributed by atoms with van der Waals surface area (Å²) < 4.78 is 16.8. The third kappa shape index (κ3) is 6.42. The molecule has 0 atom stereocenters. The number of methoxy groups -OCH3 is 2. The van der Waals surface area contributed by atoms with Crippen LogP contribution in [0.5, 0.6) is 5.75 Å². The Morgan fingerprint density at radius 3 is 2.47 bits per heavy atom. The van der Waals surface area contributed by atoms with Crippen molar-refractivity contribution in [3.05, 3.63) is 47.9 Å². The number of allylic oxidation sites excluding steroid dienone is 4. The highest BCUT2D eigenvalue weighted by Crippen LogP contribution is 2.35. The maximum absolute atomic E-state index is 11.5. The van der Waals surface area contributed by atoms with Gasteiger partial charge >= 0.3 is 0 Å². The minimum Gasteiger partial charge on any atom is -0.501 e. The molecule has 1 amide bonds. The fraction of sp³-hybridized carbons (Fsp3) is 0.391. The predicted octanol–water partition coefficient (Wildman–Crippen LogP) is 5.31. The molecule has 1 aromatic carbocycles. The molecule has 0 saturated heterocycles. The first-order valence-electron chi connectivity index (χ1n) is 9.98. The zero-order valence-electron chi connectivity index (χ0n) is 18.3. The lowest BCUT2D eigenvalue weighted by atomic mass is 10.0. The predicted molar refractivity (Wildman–Crippen MR) is 122 cm³/mol. The maximum atomic E-state index is 11.5. The molecule has 0 unspecified atom stereocenters. The summed E-state index contributed by atoms with van der Waals surface area (Å²) >= 11 is 1.43. The molecule has 1 aromatic heterocycles. The van der Waals surface area contributed by atoms with Gasteiger partial charge in [0.1, 0.15) is 11.4 Å². The quantitative estimate of drug-likeness (QED) is 0.296. The van der Waals surface area contributed by atoms with E-state index in [4.69, 9.17) is 18.9 Å². The number of carbonyl (C=O) groups is 1. The molecule has 0 aliphatic carbocycles. The van der Waals surface area contributed by atoms with E-state index in [-0.39, 0.29) is 5.91 Å². The number of rotatable bonds is 11. The van der Waals surface area contributed by atoms with E-state index in [9.17, 15) is 4.79 Å². The SMILES string of the molecule is CC/C(=C\C=C(/CC)c1nc(SCCC(=O)NC)oc1-c1ccc(OC)cc1)OC. The van der Waals surface area contributed by atoms with E-state index in [2.05, 4.69) is 19.2 Å². The molecule has 0 bridgehead atoms. The van der Waals surface area contributed by atoms with Gasteiger partial charge in [0, 0.05) is 31.2 Å². The molecule has 1 heterocycles. The van der Waals surface area contributed by atoms with Crippen LogP contribution in [0.2, 0.25) is 0 Å². The van der Waals surface area contributed by atoms with Gasteiger partial charge in [-0.2, -0.15) is 0 Å². The zero-order chi connectivity index (χ0) is 21.9. The molecule has 0 fully saturated rings. The van der Waals surface area contributed by atoms with E-state index in [1.54, 1.807) is 21.3 Å². The number of thioether (sulfide) groups is 1. The largest absolute Gasteiger partial charge is 0.501 e. The van der Waals surface area contributed by atoms with E-state index >= 15 is 0 Å². The van der Waals surface area contributed by atoms with Gasteiger partial charge in [-0.15, -0.1) is 0 Å². The van der Waals surface area contributed by atoms with Gasteiger partial charge < -0.3 is 19.2 Å². The molecule has 7 heteroatoms. The third-order valence-electron chi connectivity index (χ3n) is 4.56. The van der Waals surface area contributed by atoms with Gasteiger partial charge in [-0.05, 0) is 42.3 Å². The number of amides is 1. The van der Waals surface area contributed by atoms with Crippen molar-refractivity contribution >= 4 is 23.2 Å². The molecule has 2 rings (SSSR count). The smallest absolute Gasteiger partial charge is 0.256 e. The van der Waals surface area contributed by atoms with Crippen LogP contribution in [-0.4, -0.2) is 37.9 Å². The molecule has 0 saturated carbocycles. The van der Waals surface area contributed by atoms with Gasteiger partial charge in [0.15, 0.2) is 5.76 Å². The third-order valence-corrected chi connectivity index (χ3v) is 5.39. The Kier molecular flexibility index (Phi) is 9.54. The molecule has 2 aromatic rings. The maximum Gasteiger partial charge on any atom is 0.256 e. The average Bonchev–Trinajstić information content (AvgIpc) is 3.20. The van der Waals surface area contributed by atoms with Gasteiger partial charge in [0.05, 0.1) is 20.0 Å². The van der Waals surface area contributed by atoms with Crippen LogP contribution in [0.25, 0.3) is 16.9 Å². The topological polar surface area (TPSA) is 73.6 Å². The molecule has 0 radical (unpaired) electrons. The summed E-state index contributed by atoms with van der Waals surface area (Å²) in [4.78, 5) is 16.2. The van der Waals surface area contributed by atoms with Crippen LogP contribution < -0.4 is 10.1 Å². The van der Waals surface area contributed by atoms with Crippen molar-refractivity contribution in [2.45, 2.75) is 38.3 Å². The number of aromatic nitrogens is 1. The fourth-order valence-corrected chi connectivity index (χ4v) is 3.52. The number of ether oxygens (including phenoxy) is 2. The molecule has 0 aliphatic heterocycles. The van der Waals surface area contributed by atoms with E-state index in [0.717, 1.165) is 41.2 Å². The van der Waals surface area contributed by atoms with Crippen molar-refractivity contribution in [2.24, 2.45) is 0 Å². The summed E-state index contributed by atoms with van der Waals surface area (Å²) in [5.41, 5.74) is 2.76. The van der Waals surface area contributed by atoms with Crippen molar-refractivity contribution in [2.75, 3.05) is 27.0 Å². The van der Waals surface area contributed by atoms with Gasteiger partial charge in [0.2, 0.25) is 5.91 Å². The summed E-state index contributed by atoms with van der Waals surface area (Å²) in [5, 5.41) is 3.17. The lowest BCUT2D eigenvalue weighted by Gasteiger charge is -2.06. The Morgan fingerprint density at radius 1 is 1.17 bits per heavy atom. The van der Waals surface area contributed by atoms with Crippen LogP contribution in [0.4, 0.5) is 0 Å². The van der Waals surface area contributed by atoms with Crippen molar-refractivity contribution in [1.82, 2.24) is 10.3 Å². The Bertz CT molecular complexity index is 879. The number of nitrogens with zero attached hydrogens (tertiary/aromatic N) is 1. The molecular formula is C23H30N2O4S. The summed E-state index contributed by atoms with van der Waals surface area (Å²) in [5.74, 6) is 2.97. The van der Waals surface area contributed by atoms with Crippen molar-refractivity contribution in [3.8, 4) is 17.1 Å². The van der Waals surface area contributed by atoms with Crippen molar-refractivity contribution in [3.63, 3.8) is 0 Å². The second-order valence-corrected chi connectivity index (χ2v) is 7.44.